The summed E-state index contributed by atoms with van der Waals surface area (Å²) in [5.74, 6) is -1.06. The number of rotatable bonds is 5. The van der Waals surface area contributed by atoms with Gasteiger partial charge in [0.15, 0.2) is 5.25 Å². The third-order valence-electron chi connectivity index (χ3n) is 2.58. The van der Waals surface area contributed by atoms with Gasteiger partial charge < -0.3 is 5.11 Å². The van der Waals surface area contributed by atoms with Gasteiger partial charge in [0.1, 0.15) is 0 Å². The molecule has 0 aliphatic carbocycles. The molecule has 0 fully saturated rings. The number of carboxylic acid groups (broad SMARTS) is 1. The fourth-order valence-electron chi connectivity index (χ4n) is 1.41. The summed E-state index contributed by atoms with van der Waals surface area (Å²) >= 11 is 0. The second kappa shape index (κ2) is 6.21. The third-order valence-corrected chi connectivity index (χ3v) is 4.14. The fraction of sp³-hybridized carbons (Fsp3) is 0.231. The van der Waals surface area contributed by atoms with Gasteiger partial charge in [-0.25, -0.2) is 13.2 Å². The van der Waals surface area contributed by atoms with Crippen LogP contribution in [0.25, 0.3) is 6.08 Å². The van der Waals surface area contributed by atoms with Gasteiger partial charge in [-0.05, 0) is 43.2 Å². The minimum absolute atomic E-state index is 0.331. The first-order chi connectivity index (χ1) is 9.26. The summed E-state index contributed by atoms with van der Waals surface area (Å²) in [5, 5.41) is 16.0. The predicted molar refractivity (Wildman–Crippen MR) is 75.5 cm³/mol. The fourth-order valence-corrected chi connectivity index (χ4v) is 2.18. The van der Waals surface area contributed by atoms with E-state index in [1.165, 1.54) is 19.1 Å². The van der Waals surface area contributed by atoms with E-state index >= 15 is 0 Å². The normalized spacial score (nSPS) is 12.8. The molecule has 6 nitrogen and oxygen atoms in total. The Labute approximate surface area is 117 Å². The summed E-state index contributed by atoms with van der Waals surface area (Å²) in [7, 11) is -3.74. The third kappa shape index (κ3) is 4.10. The molecule has 0 amide bonds. The van der Waals surface area contributed by atoms with Gasteiger partial charge in [0.25, 0.3) is 0 Å². The van der Waals surface area contributed by atoms with Gasteiger partial charge in [0.05, 0.1) is 6.07 Å². The summed E-state index contributed by atoms with van der Waals surface area (Å²) in [4.78, 5) is 10.4. The summed E-state index contributed by atoms with van der Waals surface area (Å²) in [6.45, 7) is 3.02. The highest BCUT2D eigenvalue weighted by Gasteiger charge is 2.19. The number of nitriles is 1. The lowest BCUT2D eigenvalue weighted by Gasteiger charge is -2.10. The maximum atomic E-state index is 11.7. The van der Waals surface area contributed by atoms with E-state index in [1.54, 1.807) is 25.1 Å². The SMILES string of the molecule is Cc1cc(NS(=O)(=O)C(C)C#N)ccc1C=CC(=O)O. The average molecular weight is 294 g/mol. The molecule has 106 valence electrons. The predicted octanol–water partition coefficient (Wildman–Crippen LogP) is 1.75. The highest BCUT2D eigenvalue weighted by Crippen LogP contribution is 2.18. The topological polar surface area (TPSA) is 107 Å². The molecule has 0 radical (unpaired) electrons. The molecule has 1 atom stereocenters. The Hall–Kier alpha value is -2.33. The van der Waals surface area contributed by atoms with Crippen molar-refractivity contribution in [3.8, 4) is 6.07 Å². The van der Waals surface area contributed by atoms with Crippen LogP contribution in [0, 0.1) is 18.3 Å². The van der Waals surface area contributed by atoms with Gasteiger partial charge in [-0.2, -0.15) is 5.26 Å². The summed E-state index contributed by atoms with van der Waals surface area (Å²) < 4.78 is 25.7. The van der Waals surface area contributed by atoms with Crippen molar-refractivity contribution < 1.29 is 18.3 Å². The van der Waals surface area contributed by atoms with Crippen LogP contribution < -0.4 is 4.72 Å². The van der Waals surface area contributed by atoms with E-state index in [0.717, 1.165) is 6.08 Å². The molecule has 1 rings (SSSR count). The van der Waals surface area contributed by atoms with E-state index in [-0.39, 0.29) is 0 Å². The first-order valence-electron chi connectivity index (χ1n) is 5.69. The van der Waals surface area contributed by atoms with Crippen molar-refractivity contribution in [3.05, 3.63) is 35.4 Å². The zero-order chi connectivity index (χ0) is 15.3. The van der Waals surface area contributed by atoms with Crippen molar-refractivity contribution in [3.63, 3.8) is 0 Å². The molecule has 0 heterocycles. The Morgan fingerprint density at radius 3 is 2.65 bits per heavy atom. The number of aliphatic carboxylic acids is 1. The second-order valence-corrected chi connectivity index (χ2v) is 6.16. The van der Waals surface area contributed by atoms with Crippen molar-refractivity contribution >= 4 is 27.8 Å². The van der Waals surface area contributed by atoms with Crippen LogP contribution in [0.2, 0.25) is 0 Å². The molecule has 0 aliphatic rings. The summed E-state index contributed by atoms with van der Waals surface area (Å²) in [6, 6.07) is 6.34. The molecule has 1 unspecified atom stereocenters. The van der Waals surface area contributed by atoms with Crippen LogP contribution in [0.5, 0.6) is 0 Å². The number of benzene rings is 1. The lowest BCUT2D eigenvalue weighted by molar-refractivity contribution is -0.131. The Morgan fingerprint density at radius 2 is 2.15 bits per heavy atom. The number of nitrogens with one attached hydrogen (secondary N) is 1. The van der Waals surface area contributed by atoms with Crippen LogP contribution in [0.1, 0.15) is 18.1 Å². The molecule has 0 aliphatic heterocycles. The van der Waals surface area contributed by atoms with Crippen molar-refractivity contribution in [1.82, 2.24) is 0 Å². The minimum atomic E-state index is -3.74. The Morgan fingerprint density at radius 1 is 1.50 bits per heavy atom. The number of nitrogens with zero attached hydrogens (tertiary/aromatic N) is 1. The van der Waals surface area contributed by atoms with Crippen molar-refractivity contribution in [2.45, 2.75) is 19.1 Å². The second-order valence-electron chi connectivity index (χ2n) is 4.16. The molecule has 0 spiro atoms. The first kappa shape index (κ1) is 15.7. The number of carbonyl (C=O) groups is 1. The number of hydrogen-bond acceptors (Lipinski definition) is 4. The molecule has 0 aromatic heterocycles. The number of aryl methyl sites for hydroxylation is 1. The zero-order valence-corrected chi connectivity index (χ0v) is 11.8. The van der Waals surface area contributed by atoms with Crippen molar-refractivity contribution in [1.29, 1.82) is 5.26 Å². The van der Waals surface area contributed by atoms with Crippen LogP contribution in [0.4, 0.5) is 5.69 Å². The van der Waals surface area contributed by atoms with E-state index in [2.05, 4.69) is 4.72 Å². The average Bonchev–Trinajstić information content (AvgIpc) is 2.36. The van der Waals surface area contributed by atoms with Gasteiger partial charge in [0, 0.05) is 11.8 Å². The largest absolute Gasteiger partial charge is 0.478 e. The Balaban J connectivity index is 3.00. The molecule has 0 saturated heterocycles. The quantitative estimate of drug-likeness (QED) is 0.804. The van der Waals surface area contributed by atoms with Gasteiger partial charge in [-0.1, -0.05) is 6.07 Å². The Bertz CT molecular complexity index is 687. The lowest BCUT2D eigenvalue weighted by atomic mass is 10.1. The molecule has 2 N–H and O–H groups in total. The van der Waals surface area contributed by atoms with Crippen LogP contribution in [-0.2, 0) is 14.8 Å². The maximum Gasteiger partial charge on any atom is 0.328 e. The highest BCUT2D eigenvalue weighted by molar-refractivity contribution is 7.93. The molecule has 7 heteroatoms. The van der Waals surface area contributed by atoms with Gasteiger partial charge >= 0.3 is 5.97 Å². The number of hydrogen-bond donors (Lipinski definition) is 2. The van der Waals surface area contributed by atoms with Gasteiger partial charge in [-0.15, -0.1) is 0 Å². The molecule has 1 aromatic rings. The number of sulfonamides is 1. The standard InChI is InChI=1S/C13H14N2O4S/c1-9-7-12(15-20(18,19)10(2)8-14)5-3-11(9)4-6-13(16)17/h3-7,10,15H,1-2H3,(H,16,17). The Kier molecular flexibility index (Phi) is 4.88. The van der Waals surface area contributed by atoms with Crippen molar-refractivity contribution in [2.75, 3.05) is 4.72 Å². The zero-order valence-electron chi connectivity index (χ0n) is 11.0. The first-order valence-corrected chi connectivity index (χ1v) is 7.24. The molecular formula is C13H14N2O4S. The maximum absolute atomic E-state index is 11.7. The van der Waals surface area contributed by atoms with E-state index in [4.69, 9.17) is 10.4 Å². The van der Waals surface area contributed by atoms with Crippen LogP contribution in [0.3, 0.4) is 0 Å². The van der Waals surface area contributed by atoms with Gasteiger partial charge in [-0.3, -0.25) is 4.72 Å². The van der Waals surface area contributed by atoms with E-state index in [9.17, 15) is 13.2 Å². The molecule has 20 heavy (non-hydrogen) atoms. The van der Waals surface area contributed by atoms with Crippen LogP contribution in [0.15, 0.2) is 24.3 Å². The van der Waals surface area contributed by atoms with Gasteiger partial charge in [0.2, 0.25) is 10.0 Å². The number of anilines is 1. The molecule has 0 saturated carbocycles. The minimum Gasteiger partial charge on any atom is -0.478 e. The lowest BCUT2D eigenvalue weighted by Crippen LogP contribution is -2.23. The molecule has 1 aromatic carbocycles. The molecular weight excluding hydrogens is 280 g/mol. The van der Waals surface area contributed by atoms with Crippen LogP contribution >= 0.6 is 0 Å². The highest BCUT2D eigenvalue weighted by atomic mass is 32.2. The summed E-state index contributed by atoms with van der Waals surface area (Å²) in [6.07, 6.45) is 2.43. The van der Waals surface area contributed by atoms with Crippen molar-refractivity contribution in [2.24, 2.45) is 0 Å². The van der Waals surface area contributed by atoms with Crippen LogP contribution in [-0.4, -0.2) is 24.7 Å². The van der Waals surface area contributed by atoms with E-state index in [0.29, 0.717) is 16.8 Å². The smallest absolute Gasteiger partial charge is 0.328 e. The van der Waals surface area contributed by atoms with E-state index in [1.807, 2.05) is 0 Å². The van der Waals surface area contributed by atoms with E-state index < -0.39 is 21.2 Å². The number of carboxylic acids is 1. The molecule has 0 bridgehead atoms. The monoisotopic (exact) mass is 294 g/mol. The summed E-state index contributed by atoms with van der Waals surface area (Å²) in [5.41, 5.74) is 1.72.